The second-order valence-electron chi connectivity index (χ2n) is 7.88. The fourth-order valence-electron chi connectivity index (χ4n) is 2.72. The molecule has 1 aromatic heterocycles. The zero-order valence-electron chi connectivity index (χ0n) is 18.2. The highest BCUT2D eigenvalue weighted by Gasteiger charge is 2.36. The van der Waals surface area contributed by atoms with E-state index in [-0.39, 0.29) is 22.0 Å². The van der Waals surface area contributed by atoms with Gasteiger partial charge in [0.05, 0.1) is 16.0 Å². The first kappa shape index (κ1) is 24.5. The van der Waals surface area contributed by atoms with Crippen LogP contribution in [0, 0.1) is 18.3 Å². The molecule has 11 heteroatoms. The average molecular weight is 506 g/mol. The summed E-state index contributed by atoms with van der Waals surface area (Å²) in [6.45, 7) is 6.65. The van der Waals surface area contributed by atoms with Gasteiger partial charge in [0.25, 0.3) is 10.0 Å². The van der Waals surface area contributed by atoms with Gasteiger partial charge in [-0.1, -0.05) is 11.6 Å². The highest BCUT2D eigenvalue weighted by Crippen LogP contribution is 2.33. The first-order valence-corrected chi connectivity index (χ1v) is 12.3. The van der Waals surface area contributed by atoms with Gasteiger partial charge in [-0.15, -0.1) is 15.6 Å². The molecule has 0 atom stereocenters. The molecule has 2 aromatic carbocycles. The number of rotatable bonds is 5. The lowest BCUT2D eigenvalue weighted by Gasteiger charge is -2.25. The van der Waals surface area contributed by atoms with Gasteiger partial charge in [-0.05, 0) is 69.7 Å². The second-order valence-corrected chi connectivity index (χ2v) is 10.8. The molecule has 0 aliphatic heterocycles. The third kappa shape index (κ3) is 5.63. The van der Waals surface area contributed by atoms with Gasteiger partial charge in [0.15, 0.2) is 5.82 Å². The number of hydrogen-bond acceptors (Lipinski definition) is 8. The quantitative estimate of drug-likeness (QED) is 0.424. The van der Waals surface area contributed by atoms with E-state index >= 15 is 0 Å². The van der Waals surface area contributed by atoms with Crippen LogP contribution in [0.2, 0.25) is 5.02 Å². The van der Waals surface area contributed by atoms with Crippen LogP contribution in [0.15, 0.2) is 52.2 Å². The van der Waals surface area contributed by atoms with E-state index < -0.39 is 21.7 Å². The minimum Gasteiger partial charge on any atom is -0.456 e. The van der Waals surface area contributed by atoms with Crippen molar-refractivity contribution in [3.8, 4) is 17.6 Å². The molecule has 172 valence electrons. The maximum atomic E-state index is 13.4. The van der Waals surface area contributed by atoms with Gasteiger partial charge in [0.1, 0.15) is 23.2 Å². The number of carbonyl (C=O) groups excluding carboxylic acids is 1. The molecule has 0 saturated heterocycles. The number of nitrogens with zero attached hydrogens (tertiary/aromatic N) is 3. The van der Waals surface area contributed by atoms with Crippen molar-refractivity contribution in [2.24, 2.45) is 0 Å². The summed E-state index contributed by atoms with van der Waals surface area (Å²) in [5.74, 6) is 0.508. The van der Waals surface area contributed by atoms with Gasteiger partial charge >= 0.3 is 6.09 Å². The van der Waals surface area contributed by atoms with Crippen LogP contribution in [0.1, 0.15) is 31.9 Å². The number of sulfonamides is 1. The van der Waals surface area contributed by atoms with Crippen molar-refractivity contribution in [3.05, 3.63) is 63.4 Å². The first-order chi connectivity index (χ1) is 15.4. The Morgan fingerprint density at radius 2 is 1.88 bits per heavy atom. The normalized spacial score (nSPS) is 11.5. The van der Waals surface area contributed by atoms with E-state index in [0.29, 0.717) is 15.1 Å². The molecule has 8 nitrogen and oxygen atoms in total. The fraction of sp³-hybridized carbons (Fsp3) is 0.227. The van der Waals surface area contributed by atoms with E-state index in [1.54, 1.807) is 45.9 Å². The van der Waals surface area contributed by atoms with E-state index in [0.717, 1.165) is 23.0 Å². The van der Waals surface area contributed by atoms with Crippen LogP contribution >= 0.6 is 22.9 Å². The van der Waals surface area contributed by atoms with E-state index in [4.69, 9.17) is 21.1 Å². The van der Waals surface area contributed by atoms with Gasteiger partial charge in [0, 0.05) is 10.4 Å². The summed E-state index contributed by atoms with van der Waals surface area (Å²) >= 11 is 7.09. The van der Waals surface area contributed by atoms with Gasteiger partial charge in [-0.25, -0.2) is 18.2 Å². The summed E-state index contributed by atoms with van der Waals surface area (Å²) in [6, 6.07) is 10.7. The number of anilines is 1. The molecule has 1 heterocycles. The van der Waals surface area contributed by atoms with E-state index in [1.165, 1.54) is 23.0 Å². The highest BCUT2D eigenvalue weighted by molar-refractivity contribution is 7.93. The number of nitriles is 1. The summed E-state index contributed by atoms with van der Waals surface area (Å²) in [6.07, 6.45) is -1.11. The second kappa shape index (κ2) is 9.39. The summed E-state index contributed by atoms with van der Waals surface area (Å²) in [7, 11) is -4.45. The zero-order chi connectivity index (χ0) is 24.4. The molecule has 1 amide bonds. The number of amides is 1. The third-order valence-electron chi connectivity index (χ3n) is 4.15. The van der Waals surface area contributed by atoms with Crippen molar-refractivity contribution in [1.82, 2.24) is 4.98 Å². The molecular formula is C22H20ClN3O5S2. The molecule has 0 spiro atoms. The van der Waals surface area contributed by atoms with Crippen LogP contribution in [0.4, 0.5) is 10.6 Å². The van der Waals surface area contributed by atoms with E-state index in [9.17, 15) is 18.5 Å². The Morgan fingerprint density at radius 3 is 2.45 bits per heavy atom. The van der Waals surface area contributed by atoms with Crippen LogP contribution in [0.25, 0.3) is 0 Å². The predicted molar refractivity (Wildman–Crippen MR) is 125 cm³/mol. The van der Waals surface area contributed by atoms with Crippen molar-refractivity contribution < 1.29 is 22.7 Å². The first-order valence-electron chi connectivity index (χ1n) is 9.57. The number of ether oxygens (including phenoxy) is 2. The Hall–Kier alpha value is -3.13. The van der Waals surface area contributed by atoms with Crippen molar-refractivity contribution in [2.45, 2.75) is 38.2 Å². The number of aryl methyl sites for hydroxylation is 1. The number of thiazole rings is 1. The minimum atomic E-state index is -4.45. The molecule has 0 aliphatic carbocycles. The molecule has 3 rings (SSSR count). The Morgan fingerprint density at radius 1 is 1.18 bits per heavy atom. The standard InChI is InChI=1S/C22H20ClN3O5S2/c1-14-9-16(23)5-7-18(14)30-19-8-6-17(10-15(19)11-24)33(28,29)26(20-12-32-13-25-20)21(27)31-22(2,3)4/h5-10,12-13H,1-4H3. The van der Waals surface area contributed by atoms with Crippen molar-refractivity contribution in [2.75, 3.05) is 4.31 Å². The smallest absolute Gasteiger partial charge is 0.430 e. The van der Waals surface area contributed by atoms with Crippen molar-refractivity contribution >= 4 is 44.9 Å². The molecule has 33 heavy (non-hydrogen) atoms. The molecule has 0 aliphatic rings. The van der Waals surface area contributed by atoms with Gasteiger partial charge < -0.3 is 9.47 Å². The molecule has 0 saturated carbocycles. The number of halogens is 1. The lowest BCUT2D eigenvalue weighted by molar-refractivity contribution is 0.0608. The molecule has 0 unspecified atom stereocenters. The Balaban J connectivity index is 2.02. The fourth-order valence-corrected chi connectivity index (χ4v) is 4.83. The van der Waals surface area contributed by atoms with Gasteiger partial charge in [0.2, 0.25) is 0 Å². The van der Waals surface area contributed by atoms with Crippen LogP contribution in [0.5, 0.6) is 11.5 Å². The topological polar surface area (TPSA) is 110 Å². The summed E-state index contributed by atoms with van der Waals surface area (Å²) in [5, 5.41) is 11.6. The van der Waals surface area contributed by atoms with Crippen LogP contribution in [0.3, 0.4) is 0 Å². The Kier molecular flexibility index (Phi) is 6.97. The highest BCUT2D eigenvalue weighted by atomic mass is 35.5. The van der Waals surface area contributed by atoms with E-state index in [2.05, 4.69) is 4.98 Å². The molecule has 3 aromatic rings. The maximum Gasteiger partial charge on any atom is 0.430 e. The van der Waals surface area contributed by atoms with Crippen LogP contribution in [-0.4, -0.2) is 25.1 Å². The lowest BCUT2D eigenvalue weighted by atomic mass is 10.2. The molecule has 0 N–H and O–H groups in total. The summed E-state index contributed by atoms with van der Waals surface area (Å²) in [5.41, 5.74) is 1.16. The number of benzene rings is 2. The largest absolute Gasteiger partial charge is 0.456 e. The summed E-state index contributed by atoms with van der Waals surface area (Å²) < 4.78 is 38.4. The number of hydrogen-bond donors (Lipinski definition) is 0. The minimum absolute atomic E-state index is 0.0344. The zero-order valence-corrected chi connectivity index (χ0v) is 20.6. The lowest BCUT2D eigenvalue weighted by Crippen LogP contribution is -2.41. The molecule has 0 bridgehead atoms. The SMILES string of the molecule is Cc1cc(Cl)ccc1Oc1ccc(S(=O)(=O)N(C(=O)OC(C)(C)C)c2cscn2)cc1C#N. The van der Waals surface area contributed by atoms with Gasteiger partial charge in [-0.2, -0.15) is 5.26 Å². The molecule has 0 fully saturated rings. The monoisotopic (exact) mass is 505 g/mol. The number of carbonyl (C=O) groups is 1. The van der Waals surface area contributed by atoms with Crippen LogP contribution < -0.4 is 9.04 Å². The maximum absolute atomic E-state index is 13.4. The third-order valence-corrected chi connectivity index (χ3v) is 6.63. The molecular weight excluding hydrogens is 486 g/mol. The van der Waals surface area contributed by atoms with Crippen molar-refractivity contribution in [1.29, 1.82) is 5.26 Å². The van der Waals surface area contributed by atoms with Crippen LogP contribution in [-0.2, 0) is 14.8 Å². The average Bonchev–Trinajstić information content (AvgIpc) is 3.22. The Bertz CT molecular complexity index is 1330. The predicted octanol–water partition coefficient (Wildman–Crippen LogP) is 5.90. The Labute approximate surface area is 201 Å². The number of aromatic nitrogens is 1. The van der Waals surface area contributed by atoms with Crippen molar-refractivity contribution in [3.63, 3.8) is 0 Å². The van der Waals surface area contributed by atoms with Gasteiger partial charge in [-0.3, -0.25) is 0 Å². The summed E-state index contributed by atoms with van der Waals surface area (Å²) in [4.78, 5) is 16.5. The molecule has 0 radical (unpaired) electrons. The van der Waals surface area contributed by atoms with E-state index in [1.807, 2.05) is 6.07 Å².